The lowest BCUT2D eigenvalue weighted by atomic mass is 9.95. The van der Waals surface area contributed by atoms with Crippen LogP contribution in [-0.4, -0.2) is 73.0 Å². The fourth-order valence-corrected chi connectivity index (χ4v) is 4.71. The number of rotatable bonds is 4. The molecule has 1 aromatic carbocycles. The van der Waals surface area contributed by atoms with Crippen molar-refractivity contribution >= 4 is 17.5 Å². The Hall–Kier alpha value is -2.96. The average Bonchev–Trinajstić information content (AvgIpc) is 3.16. The molecule has 2 saturated heterocycles. The topological polar surface area (TPSA) is 68.9 Å². The van der Waals surface area contributed by atoms with E-state index in [0.717, 1.165) is 48.6 Å². The fraction of sp³-hybridized carbons (Fsp3) is 0.500. The van der Waals surface area contributed by atoms with Crippen molar-refractivity contribution in [2.24, 2.45) is 5.92 Å². The highest BCUT2D eigenvalue weighted by atomic mass is 16.5. The first-order chi connectivity index (χ1) is 15.0. The second kappa shape index (κ2) is 9.04. The Morgan fingerprint density at radius 2 is 1.71 bits per heavy atom. The number of nitrogens with zero attached hydrogens (tertiary/aromatic N) is 3. The van der Waals surface area contributed by atoms with E-state index in [-0.39, 0.29) is 17.7 Å². The Labute approximate surface area is 184 Å². The minimum atomic E-state index is -0.110. The van der Waals surface area contributed by atoms with Crippen molar-refractivity contribution < 1.29 is 14.3 Å². The molecular weight excluding hydrogens is 392 g/mol. The molecule has 166 valence electrons. The summed E-state index contributed by atoms with van der Waals surface area (Å²) >= 11 is 0. The van der Waals surface area contributed by atoms with Gasteiger partial charge in [0.15, 0.2) is 0 Å². The Morgan fingerprint density at radius 3 is 2.32 bits per heavy atom. The summed E-state index contributed by atoms with van der Waals surface area (Å²) < 4.78 is 5.23. The third-order valence-corrected chi connectivity index (χ3v) is 6.45. The number of aryl methyl sites for hydroxylation is 2. The van der Waals surface area contributed by atoms with Crippen molar-refractivity contribution in [2.75, 3.05) is 51.3 Å². The largest absolute Gasteiger partial charge is 0.497 e. The SMILES string of the molecule is COc1ccc(N2CCN(C(=O)C3CCCN(C(=O)c4[nH]c(C)cc4C)C3)CC2)cc1. The van der Waals surface area contributed by atoms with E-state index in [0.29, 0.717) is 31.9 Å². The molecule has 1 atom stereocenters. The molecule has 0 bridgehead atoms. The van der Waals surface area contributed by atoms with Gasteiger partial charge in [0.1, 0.15) is 11.4 Å². The van der Waals surface area contributed by atoms with Crippen molar-refractivity contribution in [3.63, 3.8) is 0 Å². The molecule has 1 unspecified atom stereocenters. The number of methoxy groups -OCH3 is 1. The molecule has 0 aliphatic carbocycles. The van der Waals surface area contributed by atoms with Gasteiger partial charge in [-0.05, 0) is 62.6 Å². The molecule has 0 spiro atoms. The monoisotopic (exact) mass is 424 g/mol. The summed E-state index contributed by atoms with van der Waals surface area (Å²) in [5.41, 5.74) is 3.75. The van der Waals surface area contributed by atoms with Crippen LogP contribution in [0, 0.1) is 19.8 Å². The highest BCUT2D eigenvalue weighted by Gasteiger charge is 2.33. The quantitative estimate of drug-likeness (QED) is 0.820. The first-order valence-corrected chi connectivity index (χ1v) is 11.1. The van der Waals surface area contributed by atoms with Crippen molar-refractivity contribution in [3.05, 3.63) is 47.3 Å². The molecule has 2 aliphatic heterocycles. The van der Waals surface area contributed by atoms with Crippen LogP contribution in [0.25, 0.3) is 0 Å². The second-order valence-electron chi connectivity index (χ2n) is 8.61. The number of ether oxygens (including phenoxy) is 1. The van der Waals surface area contributed by atoms with E-state index >= 15 is 0 Å². The molecule has 2 amide bonds. The number of anilines is 1. The van der Waals surface area contributed by atoms with Crippen molar-refractivity contribution in [3.8, 4) is 5.75 Å². The first kappa shape index (κ1) is 21.3. The molecule has 3 heterocycles. The Morgan fingerprint density at radius 1 is 1.00 bits per heavy atom. The molecule has 0 radical (unpaired) electrons. The zero-order valence-corrected chi connectivity index (χ0v) is 18.7. The van der Waals surface area contributed by atoms with Gasteiger partial charge in [0, 0.05) is 50.6 Å². The summed E-state index contributed by atoms with van der Waals surface area (Å²) in [5, 5.41) is 0. The van der Waals surface area contributed by atoms with Gasteiger partial charge in [0.05, 0.1) is 13.0 Å². The summed E-state index contributed by atoms with van der Waals surface area (Å²) in [6.45, 7) is 8.18. The fourth-order valence-electron chi connectivity index (χ4n) is 4.71. The standard InChI is InChI=1S/C24H32N4O3/c1-17-15-18(2)25-22(17)24(30)28-10-4-5-19(16-28)23(29)27-13-11-26(12-14-27)20-6-8-21(31-3)9-7-20/h6-9,15,19,25H,4-5,10-14,16H2,1-3H3. The highest BCUT2D eigenvalue weighted by Crippen LogP contribution is 2.24. The number of hydrogen-bond donors (Lipinski definition) is 1. The van der Waals surface area contributed by atoms with E-state index in [4.69, 9.17) is 4.74 Å². The smallest absolute Gasteiger partial charge is 0.270 e. The van der Waals surface area contributed by atoms with Gasteiger partial charge >= 0.3 is 0 Å². The predicted octanol–water partition coefficient (Wildman–Crippen LogP) is 2.84. The van der Waals surface area contributed by atoms with E-state index in [2.05, 4.69) is 22.0 Å². The maximum atomic E-state index is 13.2. The minimum absolute atomic E-state index is 0.00688. The van der Waals surface area contributed by atoms with Crippen LogP contribution in [0.2, 0.25) is 0 Å². The molecule has 2 aliphatic rings. The Kier molecular flexibility index (Phi) is 6.20. The van der Waals surface area contributed by atoms with E-state index in [1.807, 2.05) is 41.8 Å². The molecule has 1 N–H and O–H groups in total. The summed E-state index contributed by atoms with van der Waals surface area (Å²) in [7, 11) is 1.67. The van der Waals surface area contributed by atoms with Gasteiger partial charge in [-0.3, -0.25) is 9.59 Å². The van der Waals surface area contributed by atoms with Crippen LogP contribution < -0.4 is 9.64 Å². The predicted molar refractivity (Wildman–Crippen MR) is 121 cm³/mol. The maximum absolute atomic E-state index is 13.2. The number of aromatic amines is 1. The van der Waals surface area contributed by atoms with Crippen LogP contribution in [0.5, 0.6) is 5.75 Å². The van der Waals surface area contributed by atoms with Crippen LogP contribution in [0.4, 0.5) is 5.69 Å². The number of likely N-dealkylation sites (tertiary alicyclic amines) is 1. The Bertz CT molecular complexity index is 929. The van der Waals surface area contributed by atoms with Gasteiger partial charge in [0.25, 0.3) is 5.91 Å². The van der Waals surface area contributed by atoms with E-state index in [9.17, 15) is 9.59 Å². The van der Waals surface area contributed by atoms with Crippen molar-refractivity contribution in [1.82, 2.24) is 14.8 Å². The third-order valence-electron chi connectivity index (χ3n) is 6.45. The van der Waals surface area contributed by atoms with Crippen LogP contribution in [0.3, 0.4) is 0 Å². The third kappa shape index (κ3) is 4.55. The number of benzene rings is 1. The molecule has 2 fully saturated rings. The number of H-pyrrole nitrogens is 1. The molecule has 2 aromatic rings. The highest BCUT2D eigenvalue weighted by molar-refractivity contribution is 5.94. The molecule has 7 heteroatoms. The number of carbonyl (C=O) groups excluding carboxylic acids is 2. The number of piperazine rings is 1. The minimum Gasteiger partial charge on any atom is -0.497 e. The summed E-state index contributed by atoms with van der Waals surface area (Å²) in [6.07, 6.45) is 1.72. The number of aromatic nitrogens is 1. The van der Waals surface area contributed by atoms with Gasteiger partial charge in [-0.15, -0.1) is 0 Å². The summed E-state index contributed by atoms with van der Waals surface area (Å²) in [5.74, 6) is 0.930. The molecular formula is C24H32N4O3. The lowest BCUT2D eigenvalue weighted by Gasteiger charge is -2.39. The van der Waals surface area contributed by atoms with Gasteiger partial charge < -0.3 is 24.4 Å². The van der Waals surface area contributed by atoms with E-state index in [1.54, 1.807) is 7.11 Å². The van der Waals surface area contributed by atoms with E-state index < -0.39 is 0 Å². The van der Waals surface area contributed by atoms with Gasteiger partial charge in [-0.1, -0.05) is 0 Å². The summed E-state index contributed by atoms with van der Waals surface area (Å²) in [6, 6.07) is 10.0. The molecule has 0 saturated carbocycles. The average molecular weight is 425 g/mol. The van der Waals surface area contributed by atoms with E-state index in [1.165, 1.54) is 0 Å². The number of amides is 2. The van der Waals surface area contributed by atoms with Crippen LogP contribution in [-0.2, 0) is 4.79 Å². The van der Waals surface area contributed by atoms with Crippen molar-refractivity contribution in [2.45, 2.75) is 26.7 Å². The lowest BCUT2D eigenvalue weighted by molar-refractivity contribution is -0.137. The number of carbonyl (C=O) groups is 2. The Balaban J connectivity index is 1.34. The number of piperidine rings is 1. The van der Waals surface area contributed by atoms with Crippen LogP contribution >= 0.6 is 0 Å². The molecule has 1 aromatic heterocycles. The molecule has 4 rings (SSSR count). The van der Waals surface area contributed by atoms with Gasteiger partial charge in [-0.25, -0.2) is 0 Å². The molecule has 7 nitrogen and oxygen atoms in total. The molecule has 31 heavy (non-hydrogen) atoms. The van der Waals surface area contributed by atoms with Gasteiger partial charge in [-0.2, -0.15) is 0 Å². The zero-order chi connectivity index (χ0) is 22.0. The maximum Gasteiger partial charge on any atom is 0.270 e. The van der Waals surface area contributed by atoms with Crippen LogP contribution in [0.15, 0.2) is 30.3 Å². The van der Waals surface area contributed by atoms with Crippen molar-refractivity contribution in [1.29, 1.82) is 0 Å². The van der Waals surface area contributed by atoms with Gasteiger partial charge in [0.2, 0.25) is 5.91 Å². The first-order valence-electron chi connectivity index (χ1n) is 11.1. The lowest BCUT2D eigenvalue weighted by Crippen LogP contribution is -2.53. The summed E-state index contributed by atoms with van der Waals surface area (Å²) in [4.78, 5) is 35.5. The second-order valence-corrected chi connectivity index (χ2v) is 8.61. The number of hydrogen-bond acceptors (Lipinski definition) is 4. The zero-order valence-electron chi connectivity index (χ0n) is 18.7. The normalized spacial score (nSPS) is 19.5. The number of nitrogens with one attached hydrogen (secondary N) is 1. The van der Waals surface area contributed by atoms with Crippen LogP contribution in [0.1, 0.15) is 34.6 Å².